The van der Waals surface area contributed by atoms with Crippen LogP contribution in [-0.4, -0.2) is 49.8 Å². The summed E-state index contributed by atoms with van der Waals surface area (Å²) in [7, 11) is 0. The van der Waals surface area contributed by atoms with Gasteiger partial charge in [-0.15, -0.1) is 0 Å². The van der Waals surface area contributed by atoms with Crippen molar-refractivity contribution in [1.29, 1.82) is 0 Å². The molecule has 0 saturated carbocycles. The summed E-state index contributed by atoms with van der Waals surface area (Å²) in [5.41, 5.74) is 0.317. The topological polar surface area (TPSA) is 24.5 Å². The van der Waals surface area contributed by atoms with Crippen molar-refractivity contribution < 1.29 is 4.74 Å². The fourth-order valence-electron chi connectivity index (χ4n) is 2.21. The molecular formula is C13H28N2O. The van der Waals surface area contributed by atoms with E-state index in [4.69, 9.17) is 4.74 Å². The van der Waals surface area contributed by atoms with E-state index in [0.29, 0.717) is 17.6 Å². The molecule has 0 spiro atoms. The van der Waals surface area contributed by atoms with Gasteiger partial charge in [0, 0.05) is 25.7 Å². The van der Waals surface area contributed by atoms with Gasteiger partial charge in [-0.2, -0.15) is 0 Å². The highest BCUT2D eigenvalue weighted by atomic mass is 16.5. The molecular weight excluding hydrogens is 200 g/mol. The molecule has 0 bridgehead atoms. The largest absolute Gasteiger partial charge is 0.376 e. The van der Waals surface area contributed by atoms with Crippen LogP contribution in [0.1, 0.15) is 34.6 Å². The maximum atomic E-state index is 5.57. The van der Waals surface area contributed by atoms with Crippen molar-refractivity contribution in [3.63, 3.8) is 0 Å². The Labute approximate surface area is 101 Å². The molecule has 1 saturated heterocycles. The average molecular weight is 228 g/mol. The van der Waals surface area contributed by atoms with Crippen molar-refractivity contribution in [2.45, 2.75) is 46.8 Å². The van der Waals surface area contributed by atoms with Gasteiger partial charge in [-0.05, 0) is 18.9 Å². The van der Waals surface area contributed by atoms with Gasteiger partial charge in [0.1, 0.15) is 0 Å². The van der Waals surface area contributed by atoms with E-state index in [2.05, 4.69) is 44.8 Å². The summed E-state index contributed by atoms with van der Waals surface area (Å²) in [5.74, 6) is 0. The number of morpholine rings is 1. The Bertz CT molecular complexity index is 201. The van der Waals surface area contributed by atoms with E-state index in [0.717, 1.165) is 32.8 Å². The molecule has 2 unspecified atom stereocenters. The number of hydrogen-bond acceptors (Lipinski definition) is 3. The van der Waals surface area contributed by atoms with E-state index in [1.54, 1.807) is 0 Å². The van der Waals surface area contributed by atoms with Crippen LogP contribution in [0.15, 0.2) is 0 Å². The van der Waals surface area contributed by atoms with Crippen LogP contribution in [0.25, 0.3) is 0 Å². The summed E-state index contributed by atoms with van der Waals surface area (Å²) in [6.07, 6.45) is 0.385. The van der Waals surface area contributed by atoms with E-state index in [1.165, 1.54) is 0 Å². The molecule has 0 radical (unpaired) electrons. The highest BCUT2D eigenvalue weighted by molar-refractivity contribution is 4.84. The zero-order valence-corrected chi connectivity index (χ0v) is 11.5. The number of hydrogen-bond donors (Lipinski definition) is 1. The predicted molar refractivity (Wildman–Crippen MR) is 68.8 cm³/mol. The van der Waals surface area contributed by atoms with E-state index in [9.17, 15) is 0 Å². The SMILES string of the molecule is CCNC(CN1CCOC(C)C1)C(C)(C)C. The van der Waals surface area contributed by atoms with Crippen molar-refractivity contribution in [2.75, 3.05) is 32.8 Å². The minimum atomic E-state index is 0.317. The van der Waals surface area contributed by atoms with Gasteiger partial charge in [0.2, 0.25) is 0 Å². The molecule has 0 aromatic rings. The van der Waals surface area contributed by atoms with Gasteiger partial charge in [-0.25, -0.2) is 0 Å². The zero-order chi connectivity index (χ0) is 12.2. The van der Waals surface area contributed by atoms with Crippen molar-refractivity contribution in [2.24, 2.45) is 5.41 Å². The summed E-state index contributed by atoms with van der Waals surface area (Å²) in [4.78, 5) is 2.52. The van der Waals surface area contributed by atoms with Crippen LogP contribution in [0.3, 0.4) is 0 Å². The third kappa shape index (κ3) is 4.40. The molecule has 0 aromatic heterocycles. The second-order valence-electron chi connectivity index (χ2n) is 5.92. The lowest BCUT2D eigenvalue weighted by atomic mass is 9.86. The summed E-state index contributed by atoms with van der Waals surface area (Å²) < 4.78 is 5.57. The second kappa shape index (κ2) is 5.99. The summed E-state index contributed by atoms with van der Waals surface area (Å²) in [5, 5.41) is 3.60. The molecule has 16 heavy (non-hydrogen) atoms. The van der Waals surface area contributed by atoms with E-state index < -0.39 is 0 Å². The third-order valence-corrected chi connectivity index (χ3v) is 3.26. The smallest absolute Gasteiger partial charge is 0.0674 e. The third-order valence-electron chi connectivity index (χ3n) is 3.26. The van der Waals surface area contributed by atoms with Crippen molar-refractivity contribution in [1.82, 2.24) is 10.2 Å². The first-order chi connectivity index (χ1) is 7.43. The normalized spacial score (nSPS) is 25.7. The van der Waals surface area contributed by atoms with Crippen LogP contribution >= 0.6 is 0 Å². The lowest BCUT2D eigenvalue weighted by molar-refractivity contribution is -0.0251. The Morgan fingerprint density at radius 1 is 1.44 bits per heavy atom. The standard InChI is InChI=1S/C13H28N2O/c1-6-14-12(13(3,4)5)10-15-7-8-16-11(2)9-15/h11-12,14H,6-10H2,1-5H3. The van der Waals surface area contributed by atoms with Gasteiger partial charge < -0.3 is 10.1 Å². The molecule has 0 aromatic carbocycles. The molecule has 3 nitrogen and oxygen atoms in total. The van der Waals surface area contributed by atoms with Crippen LogP contribution in [0.5, 0.6) is 0 Å². The van der Waals surface area contributed by atoms with Gasteiger partial charge >= 0.3 is 0 Å². The van der Waals surface area contributed by atoms with Gasteiger partial charge in [0.15, 0.2) is 0 Å². The molecule has 1 rings (SSSR count). The van der Waals surface area contributed by atoms with Gasteiger partial charge in [0.25, 0.3) is 0 Å². The van der Waals surface area contributed by atoms with Crippen molar-refractivity contribution >= 4 is 0 Å². The van der Waals surface area contributed by atoms with E-state index in [1.807, 2.05) is 0 Å². The highest BCUT2D eigenvalue weighted by Gasteiger charge is 2.27. The minimum Gasteiger partial charge on any atom is -0.376 e. The summed E-state index contributed by atoms with van der Waals surface area (Å²) >= 11 is 0. The average Bonchev–Trinajstić information content (AvgIpc) is 2.16. The number of ether oxygens (including phenoxy) is 1. The first-order valence-electron chi connectivity index (χ1n) is 6.50. The fraction of sp³-hybridized carbons (Fsp3) is 1.00. The van der Waals surface area contributed by atoms with Crippen LogP contribution < -0.4 is 5.32 Å². The monoisotopic (exact) mass is 228 g/mol. The quantitative estimate of drug-likeness (QED) is 0.793. The molecule has 1 heterocycles. The first kappa shape index (κ1) is 13.9. The Morgan fingerprint density at radius 3 is 2.62 bits per heavy atom. The first-order valence-corrected chi connectivity index (χ1v) is 6.50. The molecule has 1 aliphatic heterocycles. The maximum absolute atomic E-state index is 5.57. The van der Waals surface area contributed by atoms with E-state index in [-0.39, 0.29) is 0 Å². The Hall–Kier alpha value is -0.120. The number of nitrogens with one attached hydrogen (secondary N) is 1. The number of rotatable bonds is 4. The number of likely N-dealkylation sites (N-methyl/N-ethyl adjacent to an activating group) is 1. The van der Waals surface area contributed by atoms with Crippen LogP contribution in [0.2, 0.25) is 0 Å². The Morgan fingerprint density at radius 2 is 2.12 bits per heavy atom. The Kier molecular flexibility index (Phi) is 5.22. The molecule has 1 fully saturated rings. The predicted octanol–water partition coefficient (Wildman–Crippen LogP) is 1.73. The molecule has 0 amide bonds. The minimum absolute atomic E-state index is 0.317. The summed E-state index contributed by atoms with van der Waals surface area (Å²) in [6.45, 7) is 16.5. The van der Waals surface area contributed by atoms with E-state index >= 15 is 0 Å². The lowest BCUT2D eigenvalue weighted by Crippen LogP contribution is -2.52. The highest BCUT2D eigenvalue weighted by Crippen LogP contribution is 2.20. The molecule has 0 aliphatic carbocycles. The lowest BCUT2D eigenvalue weighted by Gasteiger charge is -2.38. The van der Waals surface area contributed by atoms with Crippen LogP contribution in [-0.2, 0) is 4.74 Å². The van der Waals surface area contributed by atoms with Gasteiger partial charge in [0.05, 0.1) is 12.7 Å². The second-order valence-corrected chi connectivity index (χ2v) is 5.92. The molecule has 3 heteroatoms. The molecule has 96 valence electrons. The van der Waals surface area contributed by atoms with Crippen molar-refractivity contribution in [3.8, 4) is 0 Å². The van der Waals surface area contributed by atoms with Gasteiger partial charge in [-0.3, -0.25) is 4.90 Å². The molecule has 1 aliphatic rings. The summed E-state index contributed by atoms with van der Waals surface area (Å²) in [6, 6.07) is 0.558. The molecule has 1 N–H and O–H groups in total. The van der Waals surface area contributed by atoms with Gasteiger partial charge in [-0.1, -0.05) is 27.7 Å². The van der Waals surface area contributed by atoms with Crippen molar-refractivity contribution in [3.05, 3.63) is 0 Å². The fourth-order valence-corrected chi connectivity index (χ4v) is 2.21. The van der Waals surface area contributed by atoms with Crippen LogP contribution in [0, 0.1) is 5.41 Å². The Balaban J connectivity index is 2.47. The molecule has 2 atom stereocenters. The number of nitrogens with zero attached hydrogens (tertiary/aromatic N) is 1. The zero-order valence-electron chi connectivity index (χ0n) is 11.5. The van der Waals surface area contributed by atoms with Crippen LogP contribution in [0.4, 0.5) is 0 Å². The maximum Gasteiger partial charge on any atom is 0.0674 e.